The molecule has 0 unspecified atom stereocenters. The molecule has 0 aliphatic rings. The van der Waals surface area contributed by atoms with Crippen LogP contribution in [-0.4, -0.2) is 23.6 Å². The molecule has 1 amide bonds. The van der Waals surface area contributed by atoms with Gasteiger partial charge in [-0.1, -0.05) is 19.4 Å². The highest BCUT2D eigenvalue weighted by Gasteiger charge is 2.11. The highest BCUT2D eigenvalue weighted by molar-refractivity contribution is 6.05. The average Bonchev–Trinajstić information content (AvgIpc) is 2.57. The summed E-state index contributed by atoms with van der Waals surface area (Å²) in [6.07, 6.45) is 2.01. The van der Waals surface area contributed by atoms with Crippen molar-refractivity contribution in [3.63, 3.8) is 0 Å². The minimum atomic E-state index is -0.993. The van der Waals surface area contributed by atoms with E-state index in [2.05, 4.69) is 12.2 Å². The fourth-order valence-corrected chi connectivity index (χ4v) is 2.19. The van der Waals surface area contributed by atoms with Gasteiger partial charge in [-0.15, -0.1) is 0 Å². The lowest BCUT2D eigenvalue weighted by Gasteiger charge is -2.10. The van der Waals surface area contributed by atoms with E-state index in [4.69, 9.17) is 9.84 Å². The first-order valence-electron chi connectivity index (χ1n) is 7.89. The van der Waals surface area contributed by atoms with E-state index < -0.39 is 5.97 Å². The zero-order valence-corrected chi connectivity index (χ0v) is 13.8. The van der Waals surface area contributed by atoms with E-state index in [1.54, 1.807) is 31.2 Å². The molecule has 2 aromatic carbocycles. The van der Waals surface area contributed by atoms with Gasteiger partial charge in [-0.2, -0.15) is 0 Å². The third-order valence-electron chi connectivity index (χ3n) is 3.58. The Hall–Kier alpha value is -2.82. The van der Waals surface area contributed by atoms with Crippen LogP contribution in [-0.2, 0) is 0 Å². The number of hydrogen-bond donors (Lipinski definition) is 2. The fraction of sp³-hybridized carbons (Fsp3) is 0.263. The number of aromatic carboxylic acids is 1. The van der Waals surface area contributed by atoms with Gasteiger partial charge in [-0.05, 0) is 55.3 Å². The Labute approximate surface area is 141 Å². The molecule has 0 heterocycles. The number of aryl methyl sites for hydroxylation is 1. The Balaban J connectivity index is 2.09. The summed E-state index contributed by atoms with van der Waals surface area (Å²) < 4.78 is 5.61. The molecule has 2 aromatic rings. The van der Waals surface area contributed by atoms with Crippen molar-refractivity contribution in [3.05, 3.63) is 59.2 Å². The van der Waals surface area contributed by atoms with Crippen LogP contribution >= 0.6 is 0 Å². The third-order valence-corrected chi connectivity index (χ3v) is 3.58. The van der Waals surface area contributed by atoms with Gasteiger partial charge in [0.05, 0.1) is 12.2 Å². The van der Waals surface area contributed by atoms with Gasteiger partial charge in [0.1, 0.15) is 5.75 Å². The lowest BCUT2D eigenvalue weighted by Crippen LogP contribution is -2.13. The molecule has 0 atom stereocenters. The smallest absolute Gasteiger partial charge is 0.335 e. The average molecular weight is 327 g/mol. The maximum atomic E-state index is 12.4. The number of rotatable bonds is 7. The summed E-state index contributed by atoms with van der Waals surface area (Å²) in [4.78, 5) is 23.3. The molecule has 0 spiro atoms. The minimum Gasteiger partial charge on any atom is -0.494 e. The Bertz CT molecular complexity index is 740. The summed E-state index contributed by atoms with van der Waals surface area (Å²) in [5, 5.41) is 11.8. The fourth-order valence-electron chi connectivity index (χ4n) is 2.19. The van der Waals surface area contributed by atoms with Crippen molar-refractivity contribution in [1.82, 2.24) is 0 Å². The maximum absolute atomic E-state index is 12.4. The SMILES string of the molecule is CCCCOc1cccc(C(=O)Nc2ccc(C(=O)O)cc2C)c1. The largest absolute Gasteiger partial charge is 0.494 e. The Morgan fingerprint density at radius 3 is 2.58 bits per heavy atom. The molecular weight excluding hydrogens is 306 g/mol. The maximum Gasteiger partial charge on any atom is 0.335 e. The monoisotopic (exact) mass is 327 g/mol. The minimum absolute atomic E-state index is 0.192. The molecule has 5 heteroatoms. The second-order valence-electron chi connectivity index (χ2n) is 5.52. The molecule has 0 saturated carbocycles. The molecular formula is C19H21NO4. The zero-order valence-electron chi connectivity index (χ0n) is 13.8. The van der Waals surface area contributed by atoms with Crippen molar-refractivity contribution in [2.45, 2.75) is 26.7 Å². The van der Waals surface area contributed by atoms with E-state index in [9.17, 15) is 9.59 Å². The van der Waals surface area contributed by atoms with E-state index in [0.717, 1.165) is 12.8 Å². The first-order chi connectivity index (χ1) is 11.5. The summed E-state index contributed by atoms with van der Waals surface area (Å²) in [6, 6.07) is 11.6. The number of ether oxygens (including phenoxy) is 1. The van der Waals surface area contributed by atoms with Crippen LogP contribution in [0.2, 0.25) is 0 Å². The second kappa shape index (κ2) is 8.15. The van der Waals surface area contributed by atoms with E-state index in [0.29, 0.717) is 29.2 Å². The molecule has 2 rings (SSSR count). The van der Waals surface area contributed by atoms with E-state index in [-0.39, 0.29) is 11.5 Å². The predicted molar refractivity (Wildman–Crippen MR) is 92.9 cm³/mol. The molecule has 126 valence electrons. The summed E-state index contributed by atoms with van der Waals surface area (Å²) in [5.41, 5.74) is 1.96. The standard InChI is InChI=1S/C19H21NO4/c1-3-4-10-24-16-7-5-6-14(12-16)18(21)20-17-9-8-15(19(22)23)11-13(17)2/h5-9,11-12H,3-4,10H2,1-2H3,(H,20,21)(H,22,23). The van der Waals surface area contributed by atoms with Gasteiger partial charge < -0.3 is 15.2 Å². The lowest BCUT2D eigenvalue weighted by atomic mass is 10.1. The zero-order chi connectivity index (χ0) is 17.5. The number of anilines is 1. The lowest BCUT2D eigenvalue weighted by molar-refractivity contribution is 0.0696. The second-order valence-corrected chi connectivity index (χ2v) is 5.52. The first-order valence-corrected chi connectivity index (χ1v) is 7.89. The topological polar surface area (TPSA) is 75.6 Å². The third kappa shape index (κ3) is 4.59. The van der Waals surface area contributed by atoms with E-state index in [1.807, 2.05) is 6.07 Å². The van der Waals surface area contributed by atoms with Gasteiger partial charge >= 0.3 is 5.97 Å². The van der Waals surface area contributed by atoms with Crippen LogP contribution in [0.1, 0.15) is 46.0 Å². The molecule has 0 bridgehead atoms. The van der Waals surface area contributed by atoms with Gasteiger partial charge in [-0.3, -0.25) is 4.79 Å². The van der Waals surface area contributed by atoms with Crippen LogP contribution < -0.4 is 10.1 Å². The van der Waals surface area contributed by atoms with Crippen molar-refractivity contribution in [2.75, 3.05) is 11.9 Å². The van der Waals surface area contributed by atoms with Crippen LogP contribution in [0.15, 0.2) is 42.5 Å². The number of nitrogens with one attached hydrogen (secondary N) is 1. The molecule has 0 aromatic heterocycles. The molecule has 5 nitrogen and oxygen atoms in total. The molecule has 0 saturated heterocycles. The van der Waals surface area contributed by atoms with Crippen molar-refractivity contribution in [1.29, 1.82) is 0 Å². The summed E-state index contributed by atoms with van der Waals surface area (Å²) in [5.74, 6) is -0.593. The summed E-state index contributed by atoms with van der Waals surface area (Å²) in [7, 11) is 0. The van der Waals surface area contributed by atoms with Crippen molar-refractivity contribution < 1.29 is 19.4 Å². The van der Waals surface area contributed by atoms with Crippen molar-refractivity contribution >= 4 is 17.6 Å². The highest BCUT2D eigenvalue weighted by atomic mass is 16.5. The summed E-state index contributed by atoms with van der Waals surface area (Å²) >= 11 is 0. The van der Waals surface area contributed by atoms with Crippen LogP contribution in [0.4, 0.5) is 5.69 Å². The Morgan fingerprint density at radius 2 is 1.92 bits per heavy atom. The molecule has 0 fully saturated rings. The van der Waals surface area contributed by atoms with Crippen LogP contribution in [0, 0.1) is 6.92 Å². The van der Waals surface area contributed by atoms with Crippen molar-refractivity contribution in [3.8, 4) is 5.75 Å². The normalized spacial score (nSPS) is 10.2. The Morgan fingerprint density at radius 1 is 1.12 bits per heavy atom. The van der Waals surface area contributed by atoms with Crippen LogP contribution in [0.25, 0.3) is 0 Å². The Kier molecular flexibility index (Phi) is 5.95. The van der Waals surface area contributed by atoms with Gasteiger partial charge in [0.15, 0.2) is 0 Å². The number of hydrogen-bond acceptors (Lipinski definition) is 3. The quantitative estimate of drug-likeness (QED) is 0.750. The van der Waals surface area contributed by atoms with E-state index in [1.165, 1.54) is 12.1 Å². The van der Waals surface area contributed by atoms with Crippen LogP contribution in [0.3, 0.4) is 0 Å². The number of carboxylic acids is 1. The number of carboxylic acid groups (broad SMARTS) is 1. The number of carbonyl (C=O) groups excluding carboxylic acids is 1. The van der Waals surface area contributed by atoms with Gasteiger partial charge in [-0.25, -0.2) is 4.79 Å². The number of unbranched alkanes of at least 4 members (excludes halogenated alkanes) is 1. The van der Waals surface area contributed by atoms with Gasteiger partial charge in [0.25, 0.3) is 5.91 Å². The molecule has 0 aliphatic carbocycles. The van der Waals surface area contributed by atoms with Gasteiger partial charge in [0, 0.05) is 11.3 Å². The van der Waals surface area contributed by atoms with Gasteiger partial charge in [0.2, 0.25) is 0 Å². The summed E-state index contributed by atoms with van der Waals surface area (Å²) in [6.45, 7) is 4.47. The predicted octanol–water partition coefficient (Wildman–Crippen LogP) is 4.12. The van der Waals surface area contributed by atoms with Crippen molar-refractivity contribution in [2.24, 2.45) is 0 Å². The molecule has 24 heavy (non-hydrogen) atoms. The van der Waals surface area contributed by atoms with Crippen LogP contribution in [0.5, 0.6) is 5.75 Å². The highest BCUT2D eigenvalue weighted by Crippen LogP contribution is 2.19. The number of amides is 1. The molecule has 0 aliphatic heterocycles. The molecule has 0 radical (unpaired) electrons. The van der Waals surface area contributed by atoms with E-state index >= 15 is 0 Å². The molecule has 2 N–H and O–H groups in total. The number of carbonyl (C=O) groups is 2. The first kappa shape index (κ1) is 17.5. The number of benzene rings is 2.